The molecule has 3 nitrogen and oxygen atoms in total. The fourth-order valence-corrected chi connectivity index (χ4v) is 3.40. The molecule has 0 radical (unpaired) electrons. The summed E-state index contributed by atoms with van der Waals surface area (Å²) in [5, 5.41) is 8.89. The number of likely N-dealkylation sites (tertiary alicyclic amines) is 1. The Morgan fingerprint density at radius 1 is 1.29 bits per heavy atom. The average molecular weight is 231 g/mol. The minimum absolute atomic E-state index is 0.291. The zero-order valence-electron chi connectivity index (χ0n) is 9.80. The summed E-state index contributed by atoms with van der Waals surface area (Å²) in [5.74, 6) is 0.632. The molecule has 90 valence electrons. The highest BCUT2D eigenvalue weighted by Gasteiger charge is 2.49. The van der Waals surface area contributed by atoms with E-state index in [1.807, 2.05) is 6.07 Å². The van der Waals surface area contributed by atoms with E-state index >= 15 is 0 Å². The molecule has 1 N–H and O–H groups in total. The Morgan fingerprint density at radius 2 is 2.00 bits per heavy atom. The molecule has 1 spiro atoms. The second-order valence-electron chi connectivity index (χ2n) is 5.49. The van der Waals surface area contributed by atoms with E-state index in [4.69, 9.17) is 5.11 Å². The lowest BCUT2D eigenvalue weighted by atomic mass is 9.77. The van der Waals surface area contributed by atoms with E-state index in [-0.39, 0.29) is 0 Å². The van der Waals surface area contributed by atoms with Gasteiger partial charge >= 0.3 is 6.09 Å². The van der Waals surface area contributed by atoms with Crippen molar-refractivity contribution >= 4 is 6.09 Å². The molecule has 1 amide bonds. The van der Waals surface area contributed by atoms with Gasteiger partial charge in [0.25, 0.3) is 0 Å². The van der Waals surface area contributed by atoms with Crippen LogP contribution in [0.2, 0.25) is 0 Å². The van der Waals surface area contributed by atoms with Crippen molar-refractivity contribution in [1.29, 1.82) is 0 Å². The fourth-order valence-electron chi connectivity index (χ4n) is 3.40. The number of rotatable bonds is 1. The van der Waals surface area contributed by atoms with Crippen LogP contribution in [0.4, 0.5) is 4.79 Å². The van der Waals surface area contributed by atoms with Crippen molar-refractivity contribution < 1.29 is 9.90 Å². The molecule has 1 aliphatic heterocycles. The van der Waals surface area contributed by atoms with E-state index in [2.05, 4.69) is 24.3 Å². The largest absolute Gasteiger partial charge is 0.465 e. The van der Waals surface area contributed by atoms with Crippen molar-refractivity contribution in [2.45, 2.75) is 25.2 Å². The molecule has 3 heteroatoms. The first-order chi connectivity index (χ1) is 8.19. The fraction of sp³-hybridized carbons (Fsp3) is 0.500. The van der Waals surface area contributed by atoms with Gasteiger partial charge in [0.2, 0.25) is 0 Å². The van der Waals surface area contributed by atoms with Crippen LogP contribution in [0.15, 0.2) is 30.3 Å². The maximum absolute atomic E-state index is 10.8. The van der Waals surface area contributed by atoms with Crippen molar-refractivity contribution in [3.05, 3.63) is 35.9 Å². The lowest BCUT2D eigenvalue weighted by molar-refractivity contribution is 0.0141. The van der Waals surface area contributed by atoms with E-state index in [1.165, 1.54) is 23.3 Å². The molecule has 1 unspecified atom stereocenters. The SMILES string of the molecule is O=C(O)N1CC2(CCC(c3ccccc3)C2)C1. The summed E-state index contributed by atoms with van der Waals surface area (Å²) in [6, 6.07) is 10.6. The molecule has 1 saturated carbocycles. The predicted octanol–water partition coefficient (Wildman–Crippen LogP) is 2.93. The smallest absolute Gasteiger partial charge is 0.407 e. The summed E-state index contributed by atoms with van der Waals surface area (Å²) in [6.07, 6.45) is 2.77. The van der Waals surface area contributed by atoms with Gasteiger partial charge in [0.15, 0.2) is 0 Å². The van der Waals surface area contributed by atoms with Gasteiger partial charge in [-0.15, -0.1) is 0 Å². The van der Waals surface area contributed by atoms with Crippen LogP contribution in [0.5, 0.6) is 0 Å². The van der Waals surface area contributed by atoms with Crippen LogP contribution in [0.25, 0.3) is 0 Å². The molecule has 1 aromatic rings. The number of carboxylic acid groups (broad SMARTS) is 1. The number of hydrogen-bond donors (Lipinski definition) is 1. The van der Waals surface area contributed by atoms with Crippen LogP contribution in [0, 0.1) is 5.41 Å². The molecule has 0 aromatic heterocycles. The van der Waals surface area contributed by atoms with Gasteiger partial charge in [-0.05, 0) is 30.7 Å². The minimum Gasteiger partial charge on any atom is -0.465 e. The van der Waals surface area contributed by atoms with Crippen molar-refractivity contribution in [3.63, 3.8) is 0 Å². The Hall–Kier alpha value is -1.51. The zero-order valence-corrected chi connectivity index (χ0v) is 9.80. The maximum Gasteiger partial charge on any atom is 0.407 e. The zero-order chi connectivity index (χ0) is 11.9. The number of amides is 1. The summed E-state index contributed by atoms with van der Waals surface area (Å²) in [6.45, 7) is 1.48. The monoisotopic (exact) mass is 231 g/mol. The minimum atomic E-state index is -0.765. The van der Waals surface area contributed by atoms with E-state index < -0.39 is 6.09 Å². The molecule has 3 rings (SSSR count). The average Bonchev–Trinajstić information content (AvgIpc) is 2.73. The van der Waals surface area contributed by atoms with E-state index in [1.54, 1.807) is 0 Å². The second-order valence-corrected chi connectivity index (χ2v) is 5.49. The third-order valence-electron chi connectivity index (χ3n) is 4.30. The lowest BCUT2D eigenvalue weighted by Crippen LogP contribution is -2.56. The van der Waals surface area contributed by atoms with Crippen LogP contribution in [0.3, 0.4) is 0 Å². The van der Waals surface area contributed by atoms with Crippen LogP contribution >= 0.6 is 0 Å². The lowest BCUT2D eigenvalue weighted by Gasteiger charge is -2.46. The van der Waals surface area contributed by atoms with E-state index in [0.717, 1.165) is 19.5 Å². The van der Waals surface area contributed by atoms with E-state index in [0.29, 0.717) is 11.3 Å². The highest BCUT2D eigenvalue weighted by molar-refractivity contribution is 5.66. The Bertz CT molecular complexity index is 423. The second kappa shape index (κ2) is 3.76. The molecule has 1 aromatic carbocycles. The highest BCUT2D eigenvalue weighted by atomic mass is 16.4. The Morgan fingerprint density at radius 3 is 2.65 bits per heavy atom. The molecule has 1 aliphatic carbocycles. The van der Waals surface area contributed by atoms with Crippen molar-refractivity contribution in [1.82, 2.24) is 4.90 Å². The number of nitrogens with zero attached hydrogens (tertiary/aromatic N) is 1. The van der Waals surface area contributed by atoms with Crippen molar-refractivity contribution in [2.75, 3.05) is 13.1 Å². The summed E-state index contributed by atoms with van der Waals surface area (Å²) in [4.78, 5) is 12.3. The molecule has 1 heterocycles. The quantitative estimate of drug-likeness (QED) is 0.807. The standard InChI is InChI=1S/C14H17NO2/c16-13(17)15-9-14(10-15)7-6-12(8-14)11-4-2-1-3-5-11/h1-5,12H,6-10H2,(H,16,17). The van der Waals surface area contributed by atoms with Crippen molar-refractivity contribution in [2.24, 2.45) is 5.41 Å². The third-order valence-corrected chi connectivity index (χ3v) is 4.30. The number of carbonyl (C=O) groups is 1. The summed E-state index contributed by atoms with van der Waals surface area (Å²) in [5.41, 5.74) is 1.71. The molecule has 2 fully saturated rings. The first-order valence-corrected chi connectivity index (χ1v) is 6.21. The molecule has 1 atom stereocenters. The summed E-state index contributed by atoms with van der Waals surface area (Å²) < 4.78 is 0. The Kier molecular flexibility index (Phi) is 2.35. The molecule has 0 bridgehead atoms. The summed E-state index contributed by atoms with van der Waals surface area (Å²) >= 11 is 0. The molecule has 2 aliphatic rings. The molecule has 1 saturated heterocycles. The third kappa shape index (κ3) is 1.79. The van der Waals surface area contributed by atoms with Crippen LogP contribution in [-0.4, -0.2) is 29.2 Å². The van der Waals surface area contributed by atoms with Crippen molar-refractivity contribution in [3.8, 4) is 0 Å². The highest BCUT2D eigenvalue weighted by Crippen LogP contribution is 2.51. The Labute approximate surface area is 101 Å². The topological polar surface area (TPSA) is 40.5 Å². The van der Waals surface area contributed by atoms with Crippen LogP contribution in [0.1, 0.15) is 30.7 Å². The van der Waals surface area contributed by atoms with E-state index in [9.17, 15) is 4.79 Å². The van der Waals surface area contributed by atoms with Gasteiger partial charge in [-0.2, -0.15) is 0 Å². The van der Waals surface area contributed by atoms with Gasteiger partial charge in [0.1, 0.15) is 0 Å². The summed E-state index contributed by atoms with van der Waals surface area (Å²) in [7, 11) is 0. The number of benzene rings is 1. The van der Waals surface area contributed by atoms with Gasteiger partial charge in [0.05, 0.1) is 0 Å². The molecule has 17 heavy (non-hydrogen) atoms. The first-order valence-electron chi connectivity index (χ1n) is 6.21. The van der Waals surface area contributed by atoms with Gasteiger partial charge in [0, 0.05) is 18.5 Å². The first kappa shape index (κ1) is 10.6. The van der Waals surface area contributed by atoms with Crippen LogP contribution < -0.4 is 0 Å². The van der Waals surface area contributed by atoms with Gasteiger partial charge in [-0.25, -0.2) is 4.79 Å². The molecular formula is C14H17NO2. The maximum atomic E-state index is 10.8. The Balaban J connectivity index is 1.66. The van der Waals surface area contributed by atoms with Crippen LogP contribution in [-0.2, 0) is 0 Å². The number of hydrogen-bond acceptors (Lipinski definition) is 1. The van der Waals surface area contributed by atoms with Gasteiger partial charge in [-0.3, -0.25) is 0 Å². The van der Waals surface area contributed by atoms with Gasteiger partial charge < -0.3 is 10.0 Å². The normalized spacial score (nSPS) is 25.9. The molecular weight excluding hydrogens is 214 g/mol. The predicted molar refractivity (Wildman–Crippen MR) is 65.1 cm³/mol. The van der Waals surface area contributed by atoms with Gasteiger partial charge in [-0.1, -0.05) is 30.3 Å².